The third-order valence-electron chi connectivity index (χ3n) is 5.56. The summed E-state index contributed by atoms with van der Waals surface area (Å²) in [5, 5.41) is 2.90. The van der Waals surface area contributed by atoms with Crippen LogP contribution in [0.1, 0.15) is 41.3 Å². The summed E-state index contributed by atoms with van der Waals surface area (Å²) in [6, 6.07) is 25.0. The maximum absolute atomic E-state index is 13.0. The van der Waals surface area contributed by atoms with Crippen LogP contribution in [0.3, 0.4) is 0 Å². The molecule has 1 fully saturated rings. The highest BCUT2D eigenvalue weighted by Gasteiger charge is 2.29. The van der Waals surface area contributed by atoms with E-state index in [4.69, 9.17) is 4.74 Å². The van der Waals surface area contributed by atoms with Crippen molar-refractivity contribution >= 4 is 17.5 Å². The molecule has 0 aliphatic heterocycles. The maximum Gasteiger partial charge on any atom is 0.254 e. The molecule has 0 bridgehead atoms. The number of amides is 2. The molecular formula is C27H28N2O3. The fourth-order valence-electron chi connectivity index (χ4n) is 3.45. The van der Waals surface area contributed by atoms with Crippen molar-refractivity contribution < 1.29 is 14.3 Å². The predicted octanol–water partition coefficient (Wildman–Crippen LogP) is 5.28. The molecule has 0 radical (unpaired) electrons. The molecule has 32 heavy (non-hydrogen) atoms. The van der Waals surface area contributed by atoms with Gasteiger partial charge in [0, 0.05) is 30.3 Å². The van der Waals surface area contributed by atoms with E-state index in [1.165, 1.54) is 0 Å². The van der Waals surface area contributed by atoms with Crippen LogP contribution in [-0.4, -0.2) is 23.3 Å². The summed E-state index contributed by atoms with van der Waals surface area (Å²) in [5.41, 5.74) is 3.50. The Hall–Kier alpha value is -3.60. The minimum absolute atomic E-state index is 0.0306. The van der Waals surface area contributed by atoms with Crippen LogP contribution in [0.4, 0.5) is 5.69 Å². The average Bonchev–Trinajstić information content (AvgIpc) is 3.68. The van der Waals surface area contributed by atoms with Gasteiger partial charge in [-0.3, -0.25) is 9.59 Å². The van der Waals surface area contributed by atoms with Crippen LogP contribution in [0.15, 0.2) is 78.9 Å². The van der Waals surface area contributed by atoms with E-state index in [2.05, 4.69) is 5.32 Å². The van der Waals surface area contributed by atoms with Gasteiger partial charge in [-0.15, -0.1) is 0 Å². The van der Waals surface area contributed by atoms with E-state index in [-0.39, 0.29) is 17.7 Å². The topological polar surface area (TPSA) is 58.6 Å². The van der Waals surface area contributed by atoms with Gasteiger partial charge in [0.2, 0.25) is 5.91 Å². The van der Waals surface area contributed by atoms with E-state index in [1.807, 2.05) is 61.5 Å². The number of benzene rings is 3. The van der Waals surface area contributed by atoms with Gasteiger partial charge in [-0.05, 0) is 67.3 Å². The summed E-state index contributed by atoms with van der Waals surface area (Å²) < 4.78 is 5.84. The first-order valence-corrected chi connectivity index (χ1v) is 11.1. The van der Waals surface area contributed by atoms with Gasteiger partial charge in [0.05, 0.1) is 0 Å². The molecule has 4 rings (SSSR count). The molecule has 0 heterocycles. The number of carbonyl (C=O) groups excluding carboxylic acids is 2. The lowest BCUT2D eigenvalue weighted by Crippen LogP contribution is -2.30. The zero-order valence-corrected chi connectivity index (χ0v) is 18.3. The van der Waals surface area contributed by atoms with Crippen molar-refractivity contribution in [2.24, 2.45) is 5.92 Å². The van der Waals surface area contributed by atoms with Gasteiger partial charge in [0.15, 0.2) is 0 Å². The van der Waals surface area contributed by atoms with Gasteiger partial charge in [0.25, 0.3) is 5.91 Å². The normalized spacial score (nSPS) is 12.8. The Balaban J connectivity index is 1.32. The second-order valence-corrected chi connectivity index (χ2v) is 8.08. The van der Waals surface area contributed by atoms with E-state index in [0.29, 0.717) is 25.3 Å². The highest BCUT2D eigenvalue weighted by atomic mass is 16.5. The lowest BCUT2D eigenvalue weighted by Gasteiger charge is -2.21. The second-order valence-electron chi connectivity index (χ2n) is 8.08. The van der Waals surface area contributed by atoms with Gasteiger partial charge in [0.1, 0.15) is 12.4 Å². The van der Waals surface area contributed by atoms with Gasteiger partial charge in [-0.2, -0.15) is 0 Å². The molecule has 0 aromatic heterocycles. The third kappa shape index (κ3) is 5.76. The van der Waals surface area contributed by atoms with E-state index >= 15 is 0 Å². The Kier molecular flexibility index (Phi) is 6.85. The number of hydrogen-bond acceptors (Lipinski definition) is 3. The Morgan fingerprint density at radius 3 is 2.22 bits per heavy atom. The number of hydrogen-bond donors (Lipinski definition) is 1. The van der Waals surface area contributed by atoms with E-state index in [0.717, 1.165) is 35.4 Å². The summed E-state index contributed by atoms with van der Waals surface area (Å²) in [6.07, 6.45) is 1.93. The maximum atomic E-state index is 13.0. The number of nitrogens with one attached hydrogen (secondary N) is 1. The minimum Gasteiger partial charge on any atom is -0.489 e. The summed E-state index contributed by atoms with van der Waals surface area (Å²) >= 11 is 0. The van der Waals surface area contributed by atoms with E-state index in [9.17, 15) is 9.59 Å². The molecule has 1 saturated carbocycles. The molecule has 0 unspecified atom stereocenters. The molecule has 1 N–H and O–H groups in total. The molecule has 5 nitrogen and oxygen atoms in total. The molecular weight excluding hydrogens is 400 g/mol. The molecule has 3 aromatic carbocycles. The van der Waals surface area contributed by atoms with Crippen LogP contribution < -0.4 is 10.1 Å². The number of rotatable bonds is 9. The third-order valence-corrected chi connectivity index (χ3v) is 5.56. The average molecular weight is 429 g/mol. The number of ether oxygens (including phenoxy) is 1. The fourth-order valence-corrected chi connectivity index (χ4v) is 3.45. The first-order chi connectivity index (χ1) is 15.6. The van der Waals surface area contributed by atoms with Crippen molar-refractivity contribution in [3.8, 4) is 5.75 Å². The SMILES string of the molecule is CCN(Cc1ccc(OCc2ccccc2)cc1)C(=O)c1ccc(NC(=O)C2CC2)cc1. The van der Waals surface area contributed by atoms with Crippen LogP contribution in [0.2, 0.25) is 0 Å². The van der Waals surface area contributed by atoms with Gasteiger partial charge < -0.3 is 15.0 Å². The number of anilines is 1. The van der Waals surface area contributed by atoms with Crippen molar-refractivity contribution in [3.63, 3.8) is 0 Å². The number of carbonyl (C=O) groups is 2. The van der Waals surface area contributed by atoms with Crippen LogP contribution in [-0.2, 0) is 17.9 Å². The summed E-state index contributed by atoms with van der Waals surface area (Å²) in [7, 11) is 0. The van der Waals surface area contributed by atoms with Gasteiger partial charge in [-0.1, -0.05) is 42.5 Å². The Morgan fingerprint density at radius 1 is 0.906 bits per heavy atom. The zero-order valence-electron chi connectivity index (χ0n) is 18.3. The highest BCUT2D eigenvalue weighted by Crippen LogP contribution is 2.30. The quantitative estimate of drug-likeness (QED) is 0.505. The molecule has 5 heteroatoms. The smallest absolute Gasteiger partial charge is 0.254 e. The molecule has 0 atom stereocenters. The first-order valence-electron chi connectivity index (χ1n) is 11.1. The van der Waals surface area contributed by atoms with E-state index in [1.54, 1.807) is 29.2 Å². The van der Waals surface area contributed by atoms with Crippen molar-refractivity contribution in [2.45, 2.75) is 32.9 Å². The van der Waals surface area contributed by atoms with Crippen LogP contribution in [0, 0.1) is 5.92 Å². The van der Waals surface area contributed by atoms with Crippen LogP contribution in [0.25, 0.3) is 0 Å². The highest BCUT2D eigenvalue weighted by molar-refractivity contribution is 5.96. The number of nitrogens with zero attached hydrogens (tertiary/aromatic N) is 1. The Bertz CT molecular complexity index is 1040. The van der Waals surface area contributed by atoms with E-state index < -0.39 is 0 Å². The molecule has 0 saturated heterocycles. The summed E-state index contributed by atoms with van der Waals surface area (Å²) in [6.45, 7) is 3.62. The molecule has 1 aliphatic rings. The first kappa shape index (κ1) is 21.6. The zero-order chi connectivity index (χ0) is 22.3. The Labute approximate surface area is 189 Å². The predicted molar refractivity (Wildman–Crippen MR) is 125 cm³/mol. The van der Waals surface area contributed by atoms with Crippen LogP contribution >= 0.6 is 0 Å². The molecule has 2 amide bonds. The van der Waals surface area contributed by atoms with Crippen molar-refractivity contribution in [1.29, 1.82) is 0 Å². The molecule has 3 aromatic rings. The monoisotopic (exact) mass is 428 g/mol. The minimum atomic E-state index is -0.0306. The molecule has 1 aliphatic carbocycles. The van der Waals surface area contributed by atoms with Crippen LogP contribution in [0.5, 0.6) is 5.75 Å². The molecule has 0 spiro atoms. The van der Waals surface area contributed by atoms with Crippen molar-refractivity contribution in [1.82, 2.24) is 4.90 Å². The second kappa shape index (κ2) is 10.1. The Morgan fingerprint density at radius 2 is 1.59 bits per heavy atom. The lowest BCUT2D eigenvalue weighted by atomic mass is 10.1. The lowest BCUT2D eigenvalue weighted by molar-refractivity contribution is -0.117. The standard InChI is InChI=1S/C27H28N2O3/c1-2-29(27(31)23-12-14-24(15-13-23)28-26(30)22-10-11-22)18-20-8-16-25(17-9-20)32-19-21-6-4-3-5-7-21/h3-9,12-17,22H,2,10-11,18-19H2,1H3,(H,28,30). The fraction of sp³-hybridized carbons (Fsp3) is 0.259. The molecule has 164 valence electrons. The van der Waals surface area contributed by atoms with Gasteiger partial charge >= 0.3 is 0 Å². The van der Waals surface area contributed by atoms with Gasteiger partial charge in [-0.25, -0.2) is 0 Å². The van der Waals surface area contributed by atoms with Crippen molar-refractivity contribution in [3.05, 3.63) is 95.6 Å². The summed E-state index contributed by atoms with van der Waals surface area (Å²) in [5.74, 6) is 0.991. The largest absolute Gasteiger partial charge is 0.489 e. The summed E-state index contributed by atoms with van der Waals surface area (Å²) in [4.78, 5) is 26.7. The van der Waals surface area contributed by atoms with Crippen molar-refractivity contribution in [2.75, 3.05) is 11.9 Å².